The van der Waals surface area contributed by atoms with Crippen LogP contribution in [0.2, 0.25) is 0 Å². The molecule has 96 valence electrons. The largest absolute Gasteiger partial charge is 0.311 e. The molecule has 1 N–H and O–H groups in total. The molecule has 2 bridgehead atoms. The van der Waals surface area contributed by atoms with Gasteiger partial charge in [0.15, 0.2) is 0 Å². The summed E-state index contributed by atoms with van der Waals surface area (Å²) in [6.45, 7) is 2.43. The highest BCUT2D eigenvalue weighted by molar-refractivity contribution is 5.06. The lowest BCUT2D eigenvalue weighted by molar-refractivity contribution is 0.197. The van der Waals surface area contributed by atoms with Gasteiger partial charge in [-0.2, -0.15) is 0 Å². The van der Waals surface area contributed by atoms with Gasteiger partial charge in [0.05, 0.1) is 0 Å². The summed E-state index contributed by atoms with van der Waals surface area (Å²) in [5, 5.41) is 4.05. The summed E-state index contributed by atoms with van der Waals surface area (Å²) in [6, 6.07) is 1.78. The molecule has 7 atom stereocenters. The maximum atomic E-state index is 4.05. The van der Waals surface area contributed by atoms with Gasteiger partial charge < -0.3 is 5.32 Å². The van der Waals surface area contributed by atoms with Crippen LogP contribution in [0.25, 0.3) is 0 Å². The summed E-state index contributed by atoms with van der Waals surface area (Å²) in [5.41, 5.74) is 0. The van der Waals surface area contributed by atoms with Crippen LogP contribution in [0.5, 0.6) is 0 Å². The zero-order chi connectivity index (χ0) is 11.4. The van der Waals surface area contributed by atoms with Crippen LogP contribution in [-0.2, 0) is 0 Å². The normalized spacial score (nSPS) is 56.6. The van der Waals surface area contributed by atoms with Crippen molar-refractivity contribution in [3.8, 4) is 0 Å². The minimum atomic E-state index is 0.870. The Morgan fingerprint density at radius 3 is 2.53 bits per heavy atom. The summed E-state index contributed by atoms with van der Waals surface area (Å²) in [5.74, 6) is 5.45. The van der Waals surface area contributed by atoms with E-state index < -0.39 is 0 Å². The predicted octanol–water partition coefficient (Wildman–Crippen LogP) is 3.59. The van der Waals surface area contributed by atoms with Gasteiger partial charge in [-0.25, -0.2) is 0 Å². The van der Waals surface area contributed by atoms with Crippen molar-refractivity contribution in [1.82, 2.24) is 5.32 Å². The fourth-order valence-electron chi connectivity index (χ4n) is 5.92. The van der Waals surface area contributed by atoms with Crippen molar-refractivity contribution in [3.05, 3.63) is 0 Å². The molecule has 4 saturated carbocycles. The van der Waals surface area contributed by atoms with E-state index in [0.717, 1.165) is 41.7 Å². The Morgan fingerprint density at radius 2 is 1.71 bits per heavy atom. The molecule has 0 aromatic rings. The molecule has 0 aliphatic heterocycles. The minimum absolute atomic E-state index is 0.870. The fourth-order valence-corrected chi connectivity index (χ4v) is 5.92. The highest BCUT2D eigenvalue weighted by atomic mass is 15.0. The van der Waals surface area contributed by atoms with Crippen molar-refractivity contribution in [2.75, 3.05) is 0 Å². The SMILES string of the molecule is CC1CCC(NC2CC3CC2C2CCCC32)C1. The number of hydrogen-bond donors (Lipinski definition) is 1. The molecule has 0 aromatic carbocycles. The molecule has 0 amide bonds. The van der Waals surface area contributed by atoms with E-state index in [1.165, 1.54) is 32.1 Å². The molecule has 17 heavy (non-hydrogen) atoms. The average Bonchev–Trinajstić information content (AvgIpc) is 2.99. The Kier molecular flexibility index (Phi) is 2.54. The van der Waals surface area contributed by atoms with Gasteiger partial charge in [0.25, 0.3) is 0 Å². The van der Waals surface area contributed by atoms with E-state index in [4.69, 9.17) is 0 Å². The summed E-state index contributed by atoms with van der Waals surface area (Å²) in [7, 11) is 0. The van der Waals surface area contributed by atoms with Crippen molar-refractivity contribution in [2.45, 2.75) is 70.4 Å². The standard InChI is InChI=1S/C16H27N/c1-10-5-6-12(7-10)17-16-9-11-8-15(16)14-4-2-3-13(11)14/h10-17H,2-9H2,1H3. The Morgan fingerprint density at radius 1 is 0.824 bits per heavy atom. The fraction of sp³-hybridized carbons (Fsp3) is 1.00. The van der Waals surface area contributed by atoms with Crippen molar-refractivity contribution in [3.63, 3.8) is 0 Å². The molecule has 7 unspecified atom stereocenters. The third-order valence-corrected chi connectivity index (χ3v) is 6.57. The number of nitrogens with one attached hydrogen (secondary N) is 1. The zero-order valence-corrected chi connectivity index (χ0v) is 11.2. The molecule has 0 radical (unpaired) electrons. The Balaban J connectivity index is 1.41. The van der Waals surface area contributed by atoms with Gasteiger partial charge in [-0.1, -0.05) is 13.3 Å². The average molecular weight is 233 g/mol. The first-order valence-corrected chi connectivity index (χ1v) is 8.07. The van der Waals surface area contributed by atoms with Crippen molar-refractivity contribution in [2.24, 2.45) is 29.6 Å². The van der Waals surface area contributed by atoms with Gasteiger partial charge in [0.1, 0.15) is 0 Å². The highest BCUT2D eigenvalue weighted by Gasteiger charge is 2.53. The molecule has 1 heteroatoms. The second-order valence-corrected chi connectivity index (χ2v) is 7.54. The van der Waals surface area contributed by atoms with Gasteiger partial charge in [-0.05, 0) is 74.5 Å². The highest BCUT2D eigenvalue weighted by Crippen LogP contribution is 2.58. The van der Waals surface area contributed by atoms with Crippen LogP contribution in [0.4, 0.5) is 0 Å². The second-order valence-electron chi connectivity index (χ2n) is 7.54. The van der Waals surface area contributed by atoms with E-state index in [-0.39, 0.29) is 0 Å². The van der Waals surface area contributed by atoms with E-state index in [9.17, 15) is 0 Å². The van der Waals surface area contributed by atoms with Crippen LogP contribution in [0.1, 0.15) is 58.3 Å². The summed E-state index contributed by atoms with van der Waals surface area (Å²) in [4.78, 5) is 0. The first-order valence-electron chi connectivity index (χ1n) is 8.07. The van der Waals surface area contributed by atoms with Crippen LogP contribution in [0.3, 0.4) is 0 Å². The first kappa shape index (κ1) is 10.8. The molecule has 0 saturated heterocycles. The molecule has 0 heterocycles. The third kappa shape index (κ3) is 1.69. The monoisotopic (exact) mass is 233 g/mol. The van der Waals surface area contributed by atoms with Crippen molar-refractivity contribution >= 4 is 0 Å². The lowest BCUT2D eigenvalue weighted by Gasteiger charge is -2.34. The molecule has 4 rings (SSSR count). The van der Waals surface area contributed by atoms with E-state index in [1.54, 1.807) is 19.3 Å². The summed E-state index contributed by atoms with van der Waals surface area (Å²) in [6.07, 6.45) is 12.1. The molecular formula is C16H27N. The predicted molar refractivity (Wildman–Crippen MR) is 70.8 cm³/mol. The molecule has 4 fully saturated rings. The Hall–Kier alpha value is -0.0400. The van der Waals surface area contributed by atoms with Gasteiger partial charge in [0.2, 0.25) is 0 Å². The van der Waals surface area contributed by atoms with Crippen LogP contribution in [0, 0.1) is 29.6 Å². The van der Waals surface area contributed by atoms with E-state index in [2.05, 4.69) is 12.2 Å². The molecule has 0 aromatic heterocycles. The number of fused-ring (bicyclic) bond motifs is 5. The molecule has 0 spiro atoms. The quantitative estimate of drug-likeness (QED) is 0.768. The van der Waals surface area contributed by atoms with E-state index in [1.807, 2.05) is 0 Å². The first-order chi connectivity index (χ1) is 8.31. The lowest BCUT2D eigenvalue weighted by atomic mass is 9.79. The van der Waals surface area contributed by atoms with Crippen molar-refractivity contribution in [1.29, 1.82) is 0 Å². The van der Waals surface area contributed by atoms with E-state index >= 15 is 0 Å². The van der Waals surface area contributed by atoms with Gasteiger partial charge in [-0.15, -0.1) is 0 Å². The molecular weight excluding hydrogens is 206 g/mol. The van der Waals surface area contributed by atoms with Gasteiger partial charge in [0, 0.05) is 12.1 Å². The molecule has 4 aliphatic carbocycles. The van der Waals surface area contributed by atoms with Crippen LogP contribution in [0.15, 0.2) is 0 Å². The number of hydrogen-bond acceptors (Lipinski definition) is 1. The maximum Gasteiger partial charge on any atom is 0.0103 e. The summed E-state index contributed by atoms with van der Waals surface area (Å²) < 4.78 is 0. The topological polar surface area (TPSA) is 12.0 Å². The van der Waals surface area contributed by atoms with E-state index in [0.29, 0.717) is 0 Å². The van der Waals surface area contributed by atoms with Gasteiger partial charge >= 0.3 is 0 Å². The Bertz CT molecular complexity index is 300. The zero-order valence-electron chi connectivity index (χ0n) is 11.2. The van der Waals surface area contributed by atoms with Crippen molar-refractivity contribution < 1.29 is 0 Å². The smallest absolute Gasteiger partial charge is 0.0103 e. The lowest BCUT2D eigenvalue weighted by Crippen LogP contribution is -2.43. The summed E-state index contributed by atoms with van der Waals surface area (Å²) >= 11 is 0. The van der Waals surface area contributed by atoms with Crippen LogP contribution in [-0.4, -0.2) is 12.1 Å². The molecule has 4 aliphatic rings. The minimum Gasteiger partial charge on any atom is -0.311 e. The number of rotatable bonds is 2. The second kappa shape index (κ2) is 3.98. The Labute approximate surface area is 106 Å². The molecule has 1 nitrogen and oxygen atoms in total. The van der Waals surface area contributed by atoms with Crippen LogP contribution < -0.4 is 5.32 Å². The van der Waals surface area contributed by atoms with Gasteiger partial charge in [-0.3, -0.25) is 0 Å². The third-order valence-electron chi connectivity index (χ3n) is 6.57. The maximum absolute atomic E-state index is 4.05. The van der Waals surface area contributed by atoms with Crippen LogP contribution >= 0.6 is 0 Å².